The van der Waals surface area contributed by atoms with E-state index >= 15 is 0 Å². The Hall–Kier alpha value is -8.45. The number of nitrogens with one attached hydrogen (secondary N) is 1. The summed E-state index contributed by atoms with van der Waals surface area (Å²) < 4.78 is 50.8. The fourth-order valence-corrected chi connectivity index (χ4v) is 12.7. The molecule has 5 atom stereocenters. The van der Waals surface area contributed by atoms with Crippen molar-refractivity contribution in [1.29, 1.82) is 0 Å². The van der Waals surface area contributed by atoms with E-state index in [1.54, 1.807) is 0 Å². The molecule has 12 rings (SSSR count). The monoisotopic (exact) mass is 1070 g/mol. The molecule has 1 N–H and O–H groups in total. The van der Waals surface area contributed by atoms with Gasteiger partial charge in [-0.15, -0.1) is 5.73 Å². The number of anilines is 1. The van der Waals surface area contributed by atoms with Crippen LogP contribution in [0.25, 0.3) is 45.2 Å². The molecule has 1 aromatic carbocycles. The Morgan fingerprint density at radius 2 is 1.27 bits per heavy atom. The van der Waals surface area contributed by atoms with E-state index in [9.17, 15) is 0 Å². The number of aliphatic imine (C=N–C) groups is 1. The van der Waals surface area contributed by atoms with Crippen molar-refractivity contribution in [3.05, 3.63) is 178 Å². The lowest BCUT2D eigenvalue weighted by molar-refractivity contribution is 0.104. The first-order chi connectivity index (χ1) is 38.8. The highest BCUT2D eigenvalue weighted by Gasteiger charge is 2.52. The molecule has 0 radical (unpaired) electrons. The Kier molecular flexibility index (Phi) is 13.7. The van der Waals surface area contributed by atoms with Crippen LogP contribution in [0.2, 0.25) is 0 Å². The number of ether oxygens (including phenoxy) is 4. The van der Waals surface area contributed by atoms with Gasteiger partial charge in [0.05, 0.1) is 67.8 Å². The van der Waals surface area contributed by atoms with Crippen molar-refractivity contribution in [3.8, 4) is 52.1 Å². The lowest BCUT2D eigenvalue weighted by Gasteiger charge is -2.57. The number of hydrogen-bond donors (Lipinski definition) is 1. The van der Waals surface area contributed by atoms with E-state index in [1.165, 1.54) is 22.5 Å². The Bertz CT molecular complexity index is 3670. The van der Waals surface area contributed by atoms with Crippen LogP contribution in [0.5, 0.6) is 23.8 Å². The van der Waals surface area contributed by atoms with Gasteiger partial charge in [-0.25, -0.2) is 0 Å². The summed E-state index contributed by atoms with van der Waals surface area (Å²) in [4.78, 5) is 12.9. The van der Waals surface area contributed by atoms with Crippen molar-refractivity contribution in [2.45, 2.75) is 99.8 Å². The van der Waals surface area contributed by atoms with Crippen LogP contribution in [-0.4, -0.2) is 83.4 Å². The standard InChI is InChI=1S/C66H70N6O8/c1-12-73-58-25-20-53(77-58)46-29-30-69(35-47(46)54-21-26-59(78-54)74-13-2)63-40(6)31-39(5)52-34-50(63)66(11)57(24-19-44(10)68-66)72(52)38-71-45-18-16-17-43(9)67-51(33-45)62-64(41(7)32-42(8)65(62)71)70-36-48(55-22-27-60(79-55)75-14-3)49(37-70)56-23-28-61(80-56)76-15-4/h17-29,31-37,44-45,50,57,68H,12-15,30,38H2,1-11H3. The second kappa shape index (κ2) is 21.0. The predicted octanol–water partition coefficient (Wildman–Crippen LogP) is 14.2. The molecule has 0 saturated carbocycles. The lowest BCUT2D eigenvalue weighted by Crippen LogP contribution is -2.69. The molecule has 1 aliphatic carbocycles. The minimum atomic E-state index is -0.476. The molecule has 14 heteroatoms. The van der Waals surface area contributed by atoms with E-state index in [0.29, 0.717) is 86.5 Å². The van der Waals surface area contributed by atoms with Gasteiger partial charge in [-0.3, -0.25) is 4.99 Å². The number of allylic oxidation sites excluding steroid dienone is 5. The van der Waals surface area contributed by atoms with Crippen LogP contribution in [0.15, 0.2) is 173 Å². The van der Waals surface area contributed by atoms with E-state index in [4.69, 9.17) is 41.6 Å². The average molecular weight is 1080 g/mol. The summed E-state index contributed by atoms with van der Waals surface area (Å²) in [7, 11) is 0. The fourth-order valence-electron chi connectivity index (χ4n) is 12.7. The van der Waals surface area contributed by atoms with Gasteiger partial charge < -0.3 is 61.2 Å². The Labute approximate surface area is 468 Å². The fraction of sp³-hybridized carbons (Fsp3) is 0.333. The average Bonchev–Trinajstić information content (AvgIpc) is 3.31. The SMILES string of the molecule is CCOc1ccc(C2=CCN(C3=C(C)C=C(C)C4=CC3C3(C)NC(C)C=CC3N4CN3c4c(C)cc(C)c(-n5cc(-c6ccc(OCC)o6)c(-c6ccc(OCC)o6)c5)c4C4=CC3C=C=CC(C)=N4)C=C2c2ccc(OCC)o2)o1. The predicted molar refractivity (Wildman–Crippen MR) is 314 cm³/mol. The number of hydrogen-bond acceptors (Lipinski definition) is 13. The molecule has 10 heterocycles. The van der Waals surface area contributed by atoms with Gasteiger partial charge in [0.25, 0.3) is 23.8 Å². The molecule has 0 spiro atoms. The minimum Gasteiger partial charge on any atom is -0.465 e. The van der Waals surface area contributed by atoms with Crippen molar-refractivity contribution >= 4 is 28.2 Å². The normalized spacial score (nSPS) is 22.1. The highest BCUT2D eigenvalue weighted by atomic mass is 16.6. The number of fused-ring (bicyclic) bond motifs is 6. The highest BCUT2D eigenvalue weighted by molar-refractivity contribution is 6.04. The maximum Gasteiger partial charge on any atom is 0.284 e. The molecule has 5 aromatic heterocycles. The summed E-state index contributed by atoms with van der Waals surface area (Å²) in [6.07, 6.45) is 24.9. The van der Waals surface area contributed by atoms with Crippen LogP contribution in [0.1, 0.15) is 90.5 Å². The largest absolute Gasteiger partial charge is 0.465 e. The third-order valence-electron chi connectivity index (χ3n) is 15.9. The zero-order valence-electron chi connectivity index (χ0n) is 47.6. The van der Waals surface area contributed by atoms with Crippen LogP contribution in [0.4, 0.5) is 5.69 Å². The first-order valence-electron chi connectivity index (χ1n) is 28.0. The van der Waals surface area contributed by atoms with Crippen LogP contribution >= 0.6 is 0 Å². The molecule has 0 amide bonds. The van der Waals surface area contributed by atoms with Crippen LogP contribution < -0.4 is 29.2 Å². The van der Waals surface area contributed by atoms with Gasteiger partial charge in [0.2, 0.25) is 0 Å². The third-order valence-corrected chi connectivity index (χ3v) is 15.9. The smallest absolute Gasteiger partial charge is 0.284 e. The summed E-state index contributed by atoms with van der Waals surface area (Å²) in [5.41, 5.74) is 18.5. The number of aromatic nitrogens is 1. The molecule has 412 valence electrons. The van der Waals surface area contributed by atoms with E-state index in [0.717, 1.165) is 61.7 Å². The maximum atomic E-state index is 6.40. The highest BCUT2D eigenvalue weighted by Crippen LogP contribution is 2.51. The number of benzene rings is 1. The molecular formula is C66H70N6O8. The van der Waals surface area contributed by atoms with Gasteiger partial charge in [0, 0.05) is 112 Å². The van der Waals surface area contributed by atoms with Crippen molar-refractivity contribution in [2.24, 2.45) is 10.9 Å². The Morgan fingerprint density at radius 1 is 0.700 bits per heavy atom. The van der Waals surface area contributed by atoms with E-state index < -0.39 is 5.54 Å². The van der Waals surface area contributed by atoms with Gasteiger partial charge in [0.15, 0.2) is 0 Å². The van der Waals surface area contributed by atoms with Gasteiger partial charge in [-0.2, -0.15) is 0 Å². The van der Waals surface area contributed by atoms with Gasteiger partial charge in [-0.05, 0) is 141 Å². The molecule has 5 aliphatic heterocycles. The summed E-state index contributed by atoms with van der Waals surface area (Å²) in [6.45, 7) is 26.6. The zero-order valence-corrected chi connectivity index (χ0v) is 47.6. The molecular weight excluding hydrogens is 1000 g/mol. The maximum absolute atomic E-state index is 6.40. The van der Waals surface area contributed by atoms with Crippen LogP contribution in [0.3, 0.4) is 0 Å². The van der Waals surface area contributed by atoms with Gasteiger partial charge >= 0.3 is 0 Å². The van der Waals surface area contributed by atoms with Crippen molar-refractivity contribution in [1.82, 2.24) is 19.7 Å². The summed E-state index contributed by atoms with van der Waals surface area (Å²) in [5.74, 6) is 4.51. The first-order valence-corrected chi connectivity index (χ1v) is 28.0. The zero-order chi connectivity index (χ0) is 55.6. The summed E-state index contributed by atoms with van der Waals surface area (Å²) in [6, 6.07) is 17.5. The molecule has 5 unspecified atom stereocenters. The minimum absolute atomic E-state index is 0.0524. The van der Waals surface area contributed by atoms with Gasteiger partial charge in [-0.1, -0.05) is 30.4 Å². The lowest BCUT2D eigenvalue weighted by atomic mass is 9.70. The summed E-state index contributed by atoms with van der Waals surface area (Å²) >= 11 is 0. The molecule has 6 aromatic rings. The first kappa shape index (κ1) is 52.3. The molecule has 0 fully saturated rings. The number of aryl methyl sites for hydroxylation is 2. The molecule has 4 bridgehead atoms. The van der Waals surface area contributed by atoms with Crippen LogP contribution in [0, 0.1) is 19.8 Å². The van der Waals surface area contributed by atoms with Gasteiger partial charge in [0.1, 0.15) is 23.0 Å². The Balaban J connectivity index is 0.977. The topological polar surface area (TPSA) is 129 Å². The number of furan rings is 4. The molecule has 14 nitrogen and oxygen atoms in total. The van der Waals surface area contributed by atoms with Crippen molar-refractivity contribution < 1.29 is 36.6 Å². The molecule has 0 saturated heterocycles. The number of rotatable bonds is 16. The van der Waals surface area contributed by atoms with Crippen molar-refractivity contribution in [2.75, 3.05) is 44.5 Å². The molecule has 80 heavy (non-hydrogen) atoms. The number of nitrogens with zero attached hydrogens (tertiary/aromatic N) is 5. The van der Waals surface area contributed by atoms with E-state index in [1.807, 2.05) is 89.2 Å². The summed E-state index contributed by atoms with van der Waals surface area (Å²) in [5, 5.41) is 4.18. The van der Waals surface area contributed by atoms with Crippen LogP contribution in [-0.2, 0) is 0 Å². The third kappa shape index (κ3) is 9.19. The molecule has 6 aliphatic rings. The Morgan fingerprint density at radius 3 is 1.89 bits per heavy atom. The second-order valence-electron chi connectivity index (χ2n) is 21.4. The van der Waals surface area contributed by atoms with Crippen molar-refractivity contribution in [3.63, 3.8) is 0 Å². The van der Waals surface area contributed by atoms with E-state index in [-0.39, 0.29) is 24.0 Å². The van der Waals surface area contributed by atoms with E-state index in [2.05, 4.69) is 139 Å². The second-order valence-corrected chi connectivity index (χ2v) is 21.4. The quantitative estimate of drug-likeness (QED) is 0.0732.